The summed E-state index contributed by atoms with van der Waals surface area (Å²) in [5.41, 5.74) is 0.102. The Balaban J connectivity index is 1.41. The molecule has 1 saturated heterocycles. The van der Waals surface area contributed by atoms with E-state index in [1.165, 1.54) is 6.42 Å². The Hall–Kier alpha value is -1.69. The predicted octanol–water partition coefficient (Wildman–Crippen LogP) is 4.20. The van der Waals surface area contributed by atoms with Gasteiger partial charge in [-0.1, -0.05) is 17.7 Å². The van der Waals surface area contributed by atoms with E-state index in [1.807, 2.05) is 0 Å². The standard InChI is InChI=1S/C20H21ClF2N2O2/c21-14-2-1-3-15(16(14)17(26)25-9-20(22,23)10-25)24-18(27)19-7-11-4-12(8-19)6-13(19)5-11/h1-3,11-13H,4-10H2,(H,24,27). The number of anilines is 1. The first-order valence-electron chi connectivity index (χ1n) is 9.54. The lowest BCUT2D eigenvalue weighted by molar-refractivity contribution is -0.127. The van der Waals surface area contributed by atoms with E-state index in [1.54, 1.807) is 18.2 Å². The zero-order chi connectivity index (χ0) is 19.0. The van der Waals surface area contributed by atoms with Crippen LogP contribution in [0.5, 0.6) is 0 Å². The molecule has 7 heteroatoms. The fraction of sp³-hybridized carbons (Fsp3) is 0.600. The molecular formula is C20H21ClF2N2O2. The van der Waals surface area contributed by atoms with E-state index < -0.39 is 24.9 Å². The smallest absolute Gasteiger partial charge is 0.282 e. The Morgan fingerprint density at radius 3 is 2.41 bits per heavy atom. The summed E-state index contributed by atoms with van der Waals surface area (Å²) in [7, 11) is 0. The van der Waals surface area contributed by atoms with Crippen LogP contribution in [0, 0.1) is 23.2 Å². The lowest BCUT2D eigenvalue weighted by Crippen LogP contribution is -2.58. The van der Waals surface area contributed by atoms with Gasteiger partial charge in [-0.05, 0) is 62.0 Å². The molecule has 0 spiro atoms. The Morgan fingerprint density at radius 2 is 1.78 bits per heavy atom. The molecule has 1 aromatic carbocycles. The SMILES string of the molecule is O=C(c1c(Cl)cccc1NC(=O)C12CC3CC(CC1C3)C2)N1CC(F)(F)C1. The molecule has 1 heterocycles. The number of hydrogen-bond acceptors (Lipinski definition) is 2. The Kier molecular flexibility index (Phi) is 3.65. The second kappa shape index (κ2) is 5.66. The molecule has 2 amide bonds. The molecule has 5 aliphatic rings. The summed E-state index contributed by atoms with van der Waals surface area (Å²) >= 11 is 6.22. The Morgan fingerprint density at radius 1 is 1.11 bits per heavy atom. The van der Waals surface area contributed by atoms with Gasteiger partial charge in [-0.2, -0.15) is 0 Å². The van der Waals surface area contributed by atoms with Gasteiger partial charge in [-0.15, -0.1) is 0 Å². The van der Waals surface area contributed by atoms with Gasteiger partial charge in [0.15, 0.2) is 0 Å². The highest BCUT2D eigenvalue weighted by Crippen LogP contribution is 2.65. The topological polar surface area (TPSA) is 49.4 Å². The van der Waals surface area contributed by atoms with Gasteiger partial charge < -0.3 is 10.2 Å². The van der Waals surface area contributed by atoms with Crippen LogP contribution in [0.1, 0.15) is 42.5 Å². The number of nitrogens with zero attached hydrogens (tertiary/aromatic N) is 1. The first-order chi connectivity index (χ1) is 12.8. The van der Waals surface area contributed by atoms with Gasteiger partial charge in [0.2, 0.25) is 5.91 Å². The average molecular weight is 395 g/mol. The zero-order valence-corrected chi connectivity index (χ0v) is 15.6. The average Bonchev–Trinajstić information content (AvgIpc) is 2.97. The van der Waals surface area contributed by atoms with E-state index in [0.29, 0.717) is 23.4 Å². The van der Waals surface area contributed by atoms with Crippen LogP contribution in [-0.4, -0.2) is 35.7 Å². The summed E-state index contributed by atoms with van der Waals surface area (Å²) in [5.74, 6) is -1.75. The Bertz CT molecular complexity index is 821. The van der Waals surface area contributed by atoms with Crippen molar-refractivity contribution in [3.8, 4) is 0 Å². The van der Waals surface area contributed by atoms with Crippen LogP contribution >= 0.6 is 11.6 Å². The van der Waals surface area contributed by atoms with Crippen LogP contribution in [0.25, 0.3) is 0 Å². The number of halogens is 3. The molecule has 4 aliphatic carbocycles. The van der Waals surface area contributed by atoms with Crippen LogP contribution in [0.2, 0.25) is 5.02 Å². The fourth-order valence-corrected chi connectivity index (χ4v) is 6.33. The largest absolute Gasteiger partial charge is 0.326 e. The summed E-state index contributed by atoms with van der Waals surface area (Å²) < 4.78 is 26.3. The maximum Gasteiger partial charge on any atom is 0.282 e. The highest BCUT2D eigenvalue weighted by Gasteiger charge is 2.61. The summed E-state index contributed by atoms with van der Waals surface area (Å²) in [6, 6.07) is 4.84. The maximum atomic E-state index is 13.2. The van der Waals surface area contributed by atoms with E-state index in [9.17, 15) is 18.4 Å². The lowest BCUT2D eigenvalue weighted by Gasteiger charge is -2.39. The quantitative estimate of drug-likeness (QED) is 0.835. The number of carbonyl (C=O) groups excluding carboxylic acids is 2. The van der Waals surface area contributed by atoms with Gasteiger partial charge >= 0.3 is 0 Å². The van der Waals surface area contributed by atoms with Gasteiger partial charge in [0, 0.05) is 0 Å². The van der Waals surface area contributed by atoms with E-state index in [-0.39, 0.29) is 21.9 Å². The summed E-state index contributed by atoms with van der Waals surface area (Å²) in [4.78, 5) is 27.0. The summed E-state index contributed by atoms with van der Waals surface area (Å²) in [5, 5.41) is 3.11. The maximum absolute atomic E-state index is 13.2. The van der Waals surface area contributed by atoms with Crippen LogP contribution in [0.15, 0.2) is 18.2 Å². The first-order valence-corrected chi connectivity index (χ1v) is 9.92. The van der Waals surface area contributed by atoms with Crippen LogP contribution < -0.4 is 5.32 Å². The number of amides is 2. The van der Waals surface area contributed by atoms with Crippen molar-refractivity contribution in [2.75, 3.05) is 18.4 Å². The molecule has 0 aromatic heterocycles. The summed E-state index contributed by atoms with van der Waals surface area (Å²) in [6.45, 7) is -1.22. The molecule has 0 radical (unpaired) electrons. The number of rotatable bonds is 3. The second-order valence-electron chi connectivity index (χ2n) is 8.83. The molecule has 6 rings (SSSR count). The van der Waals surface area contributed by atoms with E-state index >= 15 is 0 Å². The van der Waals surface area contributed by atoms with Crippen molar-refractivity contribution in [1.82, 2.24) is 4.90 Å². The molecule has 2 atom stereocenters. The minimum atomic E-state index is -2.85. The molecule has 27 heavy (non-hydrogen) atoms. The predicted molar refractivity (Wildman–Crippen MR) is 96.9 cm³/mol. The lowest BCUT2D eigenvalue weighted by atomic mass is 9.75. The van der Waals surface area contributed by atoms with Crippen LogP contribution in [-0.2, 0) is 4.79 Å². The van der Waals surface area contributed by atoms with Crippen LogP contribution in [0.4, 0.5) is 14.5 Å². The van der Waals surface area contributed by atoms with Crippen molar-refractivity contribution in [3.63, 3.8) is 0 Å². The molecule has 1 aromatic rings. The van der Waals surface area contributed by atoms with Gasteiger partial charge in [0.1, 0.15) is 0 Å². The van der Waals surface area contributed by atoms with Crippen molar-refractivity contribution < 1.29 is 18.4 Å². The number of nitrogens with one attached hydrogen (secondary N) is 1. The third-order valence-corrected chi connectivity index (χ3v) is 7.36. The minimum absolute atomic E-state index is 0.0394. The van der Waals surface area contributed by atoms with Crippen molar-refractivity contribution in [3.05, 3.63) is 28.8 Å². The molecule has 2 unspecified atom stereocenters. The number of carbonyl (C=O) groups is 2. The van der Waals surface area contributed by atoms with E-state index in [2.05, 4.69) is 5.32 Å². The normalized spacial score (nSPS) is 35.2. The van der Waals surface area contributed by atoms with Crippen molar-refractivity contribution in [2.24, 2.45) is 23.2 Å². The zero-order valence-electron chi connectivity index (χ0n) is 14.8. The fourth-order valence-electron chi connectivity index (χ4n) is 6.07. The third-order valence-electron chi connectivity index (χ3n) is 7.05. The molecular weight excluding hydrogens is 374 g/mol. The van der Waals surface area contributed by atoms with Crippen molar-refractivity contribution >= 4 is 29.1 Å². The van der Waals surface area contributed by atoms with Gasteiger partial charge in [-0.3, -0.25) is 9.59 Å². The molecule has 4 bridgehead atoms. The third kappa shape index (κ3) is 2.59. The molecule has 1 N–H and O–H groups in total. The molecule has 4 nitrogen and oxygen atoms in total. The molecule has 4 saturated carbocycles. The number of benzene rings is 1. The van der Waals surface area contributed by atoms with Gasteiger partial charge in [0.05, 0.1) is 34.8 Å². The summed E-state index contributed by atoms with van der Waals surface area (Å²) in [6.07, 6.45) is 5.31. The number of likely N-dealkylation sites (tertiary alicyclic amines) is 1. The molecule has 1 aliphatic heterocycles. The monoisotopic (exact) mass is 394 g/mol. The van der Waals surface area contributed by atoms with Crippen molar-refractivity contribution in [1.29, 1.82) is 0 Å². The second-order valence-corrected chi connectivity index (χ2v) is 9.24. The minimum Gasteiger partial charge on any atom is -0.326 e. The highest BCUT2D eigenvalue weighted by atomic mass is 35.5. The Labute approximate surface area is 161 Å². The number of alkyl halides is 2. The number of hydrogen-bond donors (Lipinski definition) is 1. The first kappa shape index (κ1) is 17.4. The highest BCUT2D eigenvalue weighted by molar-refractivity contribution is 6.34. The molecule has 144 valence electrons. The van der Waals surface area contributed by atoms with Gasteiger partial charge in [0.25, 0.3) is 11.8 Å². The van der Waals surface area contributed by atoms with Crippen molar-refractivity contribution in [2.45, 2.75) is 38.0 Å². The van der Waals surface area contributed by atoms with Crippen LogP contribution in [0.3, 0.4) is 0 Å². The van der Waals surface area contributed by atoms with E-state index in [4.69, 9.17) is 11.6 Å². The van der Waals surface area contributed by atoms with Gasteiger partial charge in [-0.25, -0.2) is 8.78 Å². The van der Waals surface area contributed by atoms with E-state index in [0.717, 1.165) is 30.6 Å². The molecule has 5 fully saturated rings.